The first-order valence-electron chi connectivity index (χ1n) is 4.57. The molecule has 1 aliphatic heterocycles. The number of hydrogen-bond donors (Lipinski definition) is 2. The molecule has 0 aromatic rings. The number of nitrogens with two attached hydrogens (primary N) is 1. The van der Waals surface area contributed by atoms with Crippen LogP contribution in [0.1, 0.15) is 19.3 Å². The van der Waals surface area contributed by atoms with Crippen LogP contribution in [0.25, 0.3) is 0 Å². The molecular weight excluding hydrogens is 138 g/mol. The van der Waals surface area contributed by atoms with E-state index in [2.05, 4.69) is 5.32 Å². The van der Waals surface area contributed by atoms with Crippen molar-refractivity contribution in [1.82, 2.24) is 10.3 Å². The monoisotopic (exact) mass is 155 g/mol. The quantitative estimate of drug-likeness (QED) is 0.561. The van der Waals surface area contributed by atoms with Gasteiger partial charge >= 0.3 is 0 Å². The summed E-state index contributed by atoms with van der Waals surface area (Å²) in [6.45, 7) is 3.31. The Hall–Kier alpha value is -0.120. The van der Waals surface area contributed by atoms with Crippen molar-refractivity contribution in [3.8, 4) is 0 Å². The van der Waals surface area contributed by atoms with E-state index in [0.717, 1.165) is 19.0 Å². The zero-order chi connectivity index (χ0) is 7.68. The van der Waals surface area contributed by atoms with E-state index in [4.69, 9.17) is 5.84 Å². The van der Waals surface area contributed by atoms with Crippen molar-refractivity contribution < 1.29 is 0 Å². The SMILES string of the molecule is NN1CCC(NCC2CC2)C1. The summed E-state index contributed by atoms with van der Waals surface area (Å²) in [6, 6.07) is 0.667. The highest BCUT2D eigenvalue weighted by atomic mass is 15.4. The van der Waals surface area contributed by atoms with Crippen molar-refractivity contribution in [3.05, 3.63) is 0 Å². The van der Waals surface area contributed by atoms with Crippen LogP contribution in [0.4, 0.5) is 0 Å². The van der Waals surface area contributed by atoms with Crippen molar-refractivity contribution in [2.24, 2.45) is 11.8 Å². The summed E-state index contributed by atoms with van der Waals surface area (Å²) in [5.41, 5.74) is 0. The van der Waals surface area contributed by atoms with E-state index in [1.54, 1.807) is 0 Å². The summed E-state index contributed by atoms with van der Waals surface area (Å²) >= 11 is 0. The average molecular weight is 155 g/mol. The molecule has 3 N–H and O–H groups in total. The molecule has 0 aromatic carbocycles. The van der Waals surface area contributed by atoms with Gasteiger partial charge in [0, 0.05) is 19.1 Å². The molecule has 64 valence electrons. The zero-order valence-corrected chi connectivity index (χ0v) is 6.92. The maximum Gasteiger partial charge on any atom is 0.0283 e. The van der Waals surface area contributed by atoms with E-state index >= 15 is 0 Å². The van der Waals surface area contributed by atoms with Crippen LogP contribution in [0.15, 0.2) is 0 Å². The van der Waals surface area contributed by atoms with Gasteiger partial charge in [-0.3, -0.25) is 5.84 Å². The highest BCUT2D eigenvalue weighted by Crippen LogP contribution is 2.27. The van der Waals surface area contributed by atoms with Gasteiger partial charge in [0.1, 0.15) is 0 Å². The molecule has 1 saturated carbocycles. The molecule has 2 fully saturated rings. The Bertz CT molecular complexity index is 133. The lowest BCUT2D eigenvalue weighted by molar-refractivity contribution is 0.341. The molecule has 0 spiro atoms. The van der Waals surface area contributed by atoms with Crippen LogP contribution in [0.5, 0.6) is 0 Å². The topological polar surface area (TPSA) is 41.3 Å². The summed E-state index contributed by atoms with van der Waals surface area (Å²) in [7, 11) is 0. The molecule has 0 radical (unpaired) electrons. The normalized spacial score (nSPS) is 33.0. The van der Waals surface area contributed by atoms with Crippen LogP contribution in [0, 0.1) is 5.92 Å². The van der Waals surface area contributed by atoms with Crippen LogP contribution < -0.4 is 11.2 Å². The van der Waals surface area contributed by atoms with Crippen LogP contribution in [0.3, 0.4) is 0 Å². The molecule has 2 rings (SSSR count). The molecule has 0 amide bonds. The van der Waals surface area contributed by atoms with Gasteiger partial charge in [-0.05, 0) is 31.7 Å². The molecule has 1 heterocycles. The van der Waals surface area contributed by atoms with Gasteiger partial charge in [0.25, 0.3) is 0 Å². The Morgan fingerprint density at radius 1 is 1.36 bits per heavy atom. The predicted octanol–water partition coefficient (Wildman–Crippen LogP) is -0.0660. The lowest BCUT2D eigenvalue weighted by atomic mass is 10.2. The summed E-state index contributed by atoms with van der Waals surface area (Å²) in [4.78, 5) is 0. The highest BCUT2D eigenvalue weighted by molar-refractivity contribution is 4.82. The van der Waals surface area contributed by atoms with Gasteiger partial charge in [-0.25, -0.2) is 5.01 Å². The predicted molar refractivity (Wildman–Crippen MR) is 44.9 cm³/mol. The maximum atomic E-state index is 5.64. The lowest BCUT2D eigenvalue weighted by Crippen LogP contribution is -2.36. The molecule has 0 bridgehead atoms. The van der Waals surface area contributed by atoms with Crippen LogP contribution >= 0.6 is 0 Å². The number of rotatable bonds is 3. The van der Waals surface area contributed by atoms with E-state index in [1.165, 1.54) is 25.8 Å². The van der Waals surface area contributed by atoms with Gasteiger partial charge in [0.05, 0.1) is 0 Å². The molecule has 1 saturated heterocycles. The van der Waals surface area contributed by atoms with Crippen LogP contribution in [0.2, 0.25) is 0 Å². The van der Waals surface area contributed by atoms with Crippen molar-refractivity contribution in [2.45, 2.75) is 25.3 Å². The first kappa shape index (κ1) is 7.53. The van der Waals surface area contributed by atoms with Gasteiger partial charge in [-0.1, -0.05) is 0 Å². The van der Waals surface area contributed by atoms with Crippen molar-refractivity contribution >= 4 is 0 Å². The fourth-order valence-electron chi connectivity index (χ4n) is 1.61. The Morgan fingerprint density at radius 3 is 2.73 bits per heavy atom. The molecule has 3 nitrogen and oxygen atoms in total. The van der Waals surface area contributed by atoms with E-state index in [0.29, 0.717) is 6.04 Å². The second-order valence-electron chi connectivity index (χ2n) is 3.83. The van der Waals surface area contributed by atoms with Gasteiger partial charge in [0.15, 0.2) is 0 Å². The summed E-state index contributed by atoms with van der Waals surface area (Å²) < 4.78 is 0. The van der Waals surface area contributed by atoms with Crippen LogP contribution in [-0.2, 0) is 0 Å². The molecule has 3 heteroatoms. The number of hydrazine groups is 1. The molecule has 0 aromatic heterocycles. The van der Waals surface area contributed by atoms with Crippen molar-refractivity contribution in [1.29, 1.82) is 0 Å². The minimum absolute atomic E-state index is 0.667. The maximum absolute atomic E-state index is 5.64. The standard InChI is InChI=1S/C8H17N3/c9-11-4-3-8(6-11)10-5-7-1-2-7/h7-8,10H,1-6,9H2. The summed E-state index contributed by atoms with van der Waals surface area (Å²) in [6.07, 6.45) is 4.10. The van der Waals surface area contributed by atoms with Gasteiger partial charge < -0.3 is 5.32 Å². The molecule has 1 aliphatic carbocycles. The average Bonchev–Trinajstić information content (AvgIpc) is 2.72. The number of hydrogen-bond acceptors (Lipinski definition) is 3. The van der Waals surface area contributed by atoms with Crippen molar-refractivity contribution in [3.63, 3.8) is 0 Å². The van der Waals surface area contributed by atoms with Crippen LogP contribution in [-0.4, -0.2) is 30.7 Å². The zero-order valence-electron chi connectivity index (χ0n) is 6.92. The Balaban J connectivity index is 1.62. The minimum atomic E-state index is 0.667. The van der Waals surface area contributed by atoms with Crippen molar-refractivity contribution in [2.75, 3.05) is 19.6 Å². The minimum Gasteiger partial charge on any atom is -0.312 e. The van der Waals surface area contributed by atoms with E-state index in [1.807, 2.05) is 5.01 Å². The third kappa shape index (κ3) is 2.15. The Kier molecular flexibility index (Phi) is 2.11. The first-order chi connectivity index (χ1) is 5.34. The van der Waals surface area contributed by atoms with Gasteiger partial charge in [0.2, 0.25) is 0 Å². The van der Waals surface area contributed by atoms with E-state index in [9.17, 15) is 0 Å². The highest BCUT2D eigenvalue weighted by Gasteiger charge is 2.24. The smallest absolute Gasteiger partial charge is 0.0283 e. The molecular formula is C8H17N3. The molecule has 1 atom stereocenters. The Morgan fingerprint density at radius 2 is 2.18 bits per heavy atom. The third-order valence-corrected chi connectivity index (χ3v) is 2.61. The third-order valence-electron chi connectivity index (χ3n) is 2.61. The second kappa shape index (κ2) is 3.09. The van der Waals surface area contributed by atoms with E-state index in [-0.39, 0.29) is 0 Å². The Labute approximate surface area is 67.9 Å². The van der Waals surface area contributed by atoms with Gasteiger partial charge in [-0.15, -0.1) is 0 Å². The molecule has 2 aliphatic rings. The number of nitrogens with one attached hydrogen (secondary N) is 1. The lowest BCUT2D eigenvalue weighted by Gasteiger charge is -2.11. The summed E-state index contributed by atoms with van der Waals surface area (Å²) in [5.74, 6) is 6.63. The fraction of sp³-hybridized carbons (Fsp3) is 1.00. The second-order valence-corrected chi connectivity index (χ2v) is 3.83. The molecule has 1 unspecified atom stereocenters. The van der Waals surface area contributed by atoms with Gasteiger partial charge in [-0.2, -0.15) is 0 Å². The first-order valence-corrected chi connectivity index (χ1v) is 4.57. The molecule has 11 heavy (non-hydrogen) atoms. The summed E-state index contributed by atoms with van der Waals surface area (Å²) in [5, 5.41) is 5.46. The van der Waals surface area contributed by atoms with E-state index < -0.39 is 0 Å². The number of nitrogens with zero attached hydrogens (tertiary/aromatic N) is 1. The largest absolute Gasteiger partial charge is 0.312 e. The fourth-order valence-corrected chi connectivity index (χ4v) is 1.61.